The Morgan fingerprint density at radius 3 is 2.65 bits per heavy atom. The Labute approximate surface area is 106 Å². The molecular weight excluding hydrogens is 212 g/mol. The summed E-state index contributed by atoms with van der Waals surface area (Å²) in [6, 6.07) is 0.456. The molecule has 0 aromatic heterocycles. The molecule has 1 aliphatic heterocycles. The Balaban J connectivity index is 2.04. The van der Waals surface area contributed by atoms with E-state index in [1.165, 1.54) is 32.1 Å². The minimum Gasteiger partial charge on any atom is -0.340 e. The number of unbranched alkanes of at least 4 members (excludes halogenated alkanes) is 5. The van der Waals surface area contributed by atoms with E-state index in [0.29, 0.717) is 11.9 Å². The quantitative estimate of drug-likeness (QED) is 0.694. The first-order valence-corrected chi connectivity index (χ1v) is 7.25. The van der Waals surface area contributed by atoms with Crippen molar-refractivity contribution in [2.24, 2.45) is 0 Å². The lowest BCUT2D eigenvalue weighted by Crippen LogP contribution is -2.51. The van der Waals surface area contributed by atoms with Gasteiger partial charge in [-0.1, -0.05) is 39.0 Å². The summed E-state index contributed by atoms with van der Waals surface area (Å²) >= 11 is 0. The summed E-state index contributed by atoms with van der Waals surface area (Å²) in [5, 5.41) is 3.36. The van der Waals surface area contributed by atoms with E-state index in [2.05, 4.69) is 19.2 Å². The molecule has 1 rings (SSSR count). The first-order valence-electron chi connectivity index (χ1n) is 7.25. The number of amides is 1. The van der Waals surface area contributed by atoms with Gasteiger partial charge in [0.1, 0.15) is 0 Å². The molecule has 3 heteroatoms. The maximum atomic E-state index is 11.9. The molecule has 0 spiro atoms. The number of carbonyl (C=O) groups is 1. The van der Waals surface area contributed by atoms with E-state index in [1.807, 2.05) is 4.90 Å². The van der Waals surface area contributed by atoms with Crippen LogP contribution in [0, 0.1) is 0 Å². The minimum absolute atomic E-state index is 0.355. The predicted octanol–water partition coefficient (Wildman–Crippen LogP) is 2.56. The van der Waals surface area contributed by atoms with E-state index in [9.17, 15) is 4.79 Å². The lowest BCUT2D eigenvalue weighted by atomic mass is 10.1. The molecule has 0 saturated carbocycles. The van der Waals surface area contributed by atoms with Crippen LogP contribution in [0.3, 0.4) is 0 Å². The molecule has 1 saturated heterocycles. The van der Waals surface area contributed by atoms with Gasteiger partial charge in [0, 0.05) is 32.1 Å². The summed E-state index contributed by atoms with van der Waals surface area (Å²) in [4.78, 5) is 14.0. The molecule has 1 unspecified atom stereocenters. The molecule has 0 aromatic carbocycles. The van der Waals surface area contributed by atoms with Gasteiger partial charge in [0.2, 0.25) is 5.91 Å². The summed E-state index contributed by atoms with van der Waals surface area (Å²) in [5.74, 6) is 0.355. The van der Waals surface area contributed by atoms with Crippen molar-refractivity contribution in [2.75, 3.05) is 19.6 Å². The highest BCUT2D eigenvalue weighted by Crippen LogP contribution is 2.09. The van der Waals surface area contributed by atoms with Gasteiger partial charge in [0.05, 0.1) is 0 Å². The van der Waals surface area contributed by atoms with Gasteiger partial charge < -0.3 is 10.2 Å². The topological polar surface area (TPSA) is 32.3 Å². The number of carbonyl (C=O) groups excluding carboxylic acids is 1. The highest BCUT2D eigenvalue weighted by molar-refractivity contribution is 5.76. The molecule has 1 N–H and O–H groups in total. The molecule has 0 bridgehead atoms. The van der Waals surface area contributed by atoms with Crippen LogP contribution in [0.4, 0.5) is 0 Å². The van der Waals surface area contributed by atoms with Gasteiger partial charge in [-0.3, -0.25) is 4.79 Å². The molecule has 0 aliphatic carbocycles. The van der Waals surface area contributed by atoms with Crippen molar-refractivity contribution in [1.82, 2.24) is 10.2 Å². The summed E-state index contributed by atoms with van der Waals surface area (Å²) in [7, 11) is 0. The van der Waals surface area contributed by atoms with Gasteiger partial charge in [-0.2, -0.15) is 0 Å². The second kappa shape index (κ2) is 8.51. The van der Waals surface area contributed by atoms with Crippen molar-refractivity contribution in [3.8, 4) is 0 Å². The fraction of sp³-hybridized carbons (Fsp3) is 0.929. The van der Waals surface area contributed by atoms with Gasteiger partial charge >= 0.3 is 0 Å². The summed E-state index contributed by atoms with van der Waals surface area (Å²) in [6.07, 6.45) is 8.28. The van der Waals surface area contributed by atoms with Crippen LogP contribution in [0.1, 0.15) is 58.8 Å². The lowest BCUT2D eigenvalue weighted by molar-refractivity contribution is -0.132. The molecule has 0 aromatic rings. The highest BCUT2D eigenvalue weighted by atomic mass is 16.2. The largest absolute Gasteiger partial charge is 0.340 e. The number of nitrogens with zero attached hydrogens (tertiary/aromatic N) is 1. The van der Waals surface area contributed by atoms with Crippen molar-refractivity contribution in [2.45, 2.75) is 64.8 Å². The molecule has 1 fully saturated rings. The van der Waals surface area contributed by atoms with Crippen LogP contribution in [0.25, 0.3) is 0 Å². The normalized spacial score (nSPS) is 20.6. The number of hydrogen-bond acceptors (Lipinski definition) is 2. The highest BCUT2D eigenvalue weighted by Gasteiger charge is 2.19. The van der Waals surface area contributed by atoms with E-state index < -0.39 is 0 Å². The molecule has 0 radical (unpaired) electrons. The van der Waals surface area contributed by atoms with E-state index in [4.69, 9.17) is 0 Å². The van der Waals surface area contributed by atoms with E-state index >= 15 is 0 Å². The maximum Gasteiger partial charge on any atom is 0.222 e. The Morgan fingerprint density at radius 2 is 1.94 bits per heavy atom. The van der Waals surface area contributed by atoms with Gasteiger partial charge in [-0.05, 0) is 13.3 Å². The maximum absolute atomic E-state index is 11.9. The summed E-state index contributed by atoms with van der Waals surface area (Å²) in [5.41, 5.74) is 0. The van der Waals surface area contributed by atoms with Crippen molar-refractivity contribution in [1.29, 1.82) is 0 Å². The third-order valence-electron chi connectivity index (χ3n) is 3.47. The average Bonchev–Trinajstić information content (AvgIpc) is 2.33. The van der Waals surface area contributed by atoms with E-state index in [0.717, 1.165) is 32.5 Å². The van der Waals surface area contributed by atoms with Crippen molar-refractivity contribution >= 4 is 5.91 Å². The van der Waals surface area contributed by atoms with E-state index in [-0.39, 0.29) is 0 Å². The van der Waals surface area contributed by atoms with Gasteiger partial charge in [-0.15, -0.1) is 0 Å². The Bertz CT molecular complexity index is 218. The fourth-order valence-corrected chi connectivity index (χ4v) is 2.37. The second-order valence-electron chi connectivity index (χ2n) is 5.21. The zero-order valence-electron chi connectivity index (χ0n) is 11.5. The summed E-state index contributed by atoms with van der Waals surface area (Å²) < 4.78 is 0. The van der Waals surface area contributed by atoms with Crippen LogP contribution in [-0.2, 0) is 4.79 Å². The molecule has 3 nitrogen and oxygen atoms in total. The van der Waals surface area contributed by atoms with Crippen molar-refractivity contribution < 1.29 is 4.79 Å². The van der Waals surface area contributed by atoms with Crippen LogP contribution < -0.4 is 5.32 Å². The van der Waals surface area contributed by atoms with Crippen molar-refractivity contribution in [3.63, 3.8) is 0 Å². The third-order valence-corrected chi connectivity index (χ3v) is 3.47. The molecular formula is C14H28N2O. The van der Waals surface area contributed by atoms with Gasteiger partial charge in [0.15, 0.2) is 0 Å². The monoisotopic (exact) mass is 240 g/mol. The lowest BCUT2D eigenvalue weighted by Gasteiger charge is -2.32. The SMILES string of the molecule is CCCCCCCCC(=O)N1CCNC(C)C1. The van der Waals surface area contributed by atoms with Crippen LogP contribution >= 0.6 is 0 Å². The zero-order valence-corrected chi connectivity index (χ0v) is 11.5. The second-order valence-corrected chi connectivity index (χ2v) is 5.21. The molecule has 1 aliphatic rings. The van der Waals surface area contributed by atoms with Gasteiger partial charge in [0.25, 0.3) is 0 Å². The molecule has 17 heavy (non-hydrogen) atoms. The zero-order chi connectivity index (χ0) is 12.5. The Morgan fingerprint density at radius 1 is 1.24 bits per heavy atom. The van der Waals surface area contributed by atoms with Gasteiger partial charge in [-0.25, -0.2) is 0 Å². The van der Waals surface area contributed by atoms with Crippen molar-refractivity contribution in [3.05, 3.63) is 0 Å². The standard InChI is InChI=1S/C14H28N2O/c1-3-4-5-6-7-8-9-14(17)16-11-10-15-13(2)12-16/h13,15H,3-12H2,1-2H3. The summed E-state index contributed by atoms with van der Waals surface area (Å²) in [6.45, 7) is 7.09. The van der Waals surface area contributed by atoms with Crippen LogP contribution in [0.2, 0.25) is 0 Å². The number of nitrogens with one attached hydrogen (secondary N) is 1. The third kappa shape index (κ3) is 6.06. The Kier molecular flexibility index (Phi) is 7.25. The van der Waals surface area contributed by atoms with Crippen LogP contribution in [0.5, 0.6) is 0 Å². The Hall–Kier alpha value is -0.570. The number of piperazine rings is 1. The number of rotatable bonds is 7. The smallest absolute Gasteiger partial charge is 0.222 e. The minimum atomic E-state index is 0.355. The van der Waals surface area contributed by atoms with Crippen LogP contribution in [0.15, 0.2) is 0 Å². The molecule has 1 heterocycles. The van der Waals surface area contributed by atoms with Crippen LogP contribution in [-0.4, -0.2) is 36.5 Å². The van der Waals surface area contributed by atoms with E-state index in [1.54, 1.807) is 0 Å². The first kappa shape index (κ1) is 14.5. The first-order chi connectivity index (χ1) is 8.24. The molecule has 100 valence electrons. The molecule has 1 amide bonds. The average molecular weight is 240 g/mol. The molecule has 1 atom stereocenters. The fourth-order valence-electron chi connectivity index (χ4n) is 2.37. The number of hydrogen-bond donors (Lipinski definition) is 1. The predicted molar refractivity (Wildman–Crippen MR) is 72.0 cm³/mol.